The minimum absolute atomic E-state index is 0.137. The fraction of sp³-hybridized carbons (Fsp3) is 0.267. The Morgan fingerprint density at radius 1 is 1.41 bits per heavy atom. The number of H-pyrrole nitrogens is 1. The van der Waals surface area contributed by atoms with Gasteiger partial charge in [0, 0.05) is 24.0 Å². The van der Waals surface area contributed by atoms with Gasteiger partial charge in [0.15, 0.2) is 0 Å². The quantitative estimate of drug-likeness (QED) is 0.668. The Hall–Kier alpha value is -2.67. The van der Waals surface area contributed by atoms with Crippen LogP contribution in [-0.2, 0) is 0 Å². The lowest BCUT2D eigenvalue weighted by Crippen LogP contribution is -2.56. The molecule has 7 nitrogen and oxygen atoms in total. The molecule has 1 amide bonds. The Morgan fingerprint density at radius 3 is 3.05 bits per heavy atom. The monoisotopic (exact) mass is 297 g/mol. The number of hydrogen-bond acceptors (Lipinski definition) is 4. The van der Waals surface area contributed by atoms with Crippen molar-refractivity contribution in [1.29, 1.82) is 0 Å². The second kappa shape index (κ2) is 4.96. The van der Waals surface area contributed by atoms with Gasteiger partial charge in [-0.15, -0.1) is 0 Å². The predicted octanol–water partition coefficient (Wildman–Crippen LogP) is 0.864. The van der Waals surface area contributed by atoms with E-state index in [4.69, 9.17) is 0 Å². The van der Waals surface area contributed by atoms with Crippen LogP contribution in [0.25, 0.3) is 11.0 Å². The summed E-state index contributed by atoms with van der Waals surface area (Å²) in [5, 5.41) is 17.9. The number of pyridine rings is 1. The zero-order valence-corrected chi connectivity index (χ0v) is 11.7. The largest absolute Gasteiger partial charge is 0.391 e. The number of amides is 1. The summed E-state index contributed by atoms with van der Waals surface area (Å²) in [7, 11) is 0. The van der Waals surface area contributed by atoms with Gasteiger partial charge >= 0.3 is 0 Å². The molecule has 0 spiro atoms. The van der Waals surface area contributed by atoms with E-state index in [0.29, 0.717) is 17.8 Å². The standard InChI is InChI=1S/C15H15N5O2/c21-12-8-10(13(12)20-6-2-5-17-20)19-15(22)11-7-9-3-1-4-16-14(9)18-11/h1-7,10,12-13,21H,8H2,(H,16,18)(H,19,22)/t10-,12+,13+/m0/s1. The lowest BCUT2D eigenvalue weighted by atomic mass is 9.83. The number of nitrogens with zero attached hydrogens (tertiary/aromatic N) is 3. The average molecular weight is 297 g/mol. The molecule has 112 valence electrons. The van der Waals surface area contributed by atoms with Crippen LogP contribution < -0.4 is 5.32 Å². The molecule has 0 aliphatic heterocycles. The highest BCUT2D eigenvalue weighted by atomic mass is 16.3. The van der Waals surface area contributed by atoms with Gasteiger partial charge in [-0.1, -0.05) is 0 Å². The first kappa shape index (κ1) is 13.0. The van der Waals surface area contributed by atoms with Crippen molar-refractivity contribution in [3.63, 3.8) is 0 Å². The van der Waals surface area contributed by atoms with Crippen molar-refractivity contribution in [1.82, 2.24) is 25.1 Å². The van der Waals surface area contributed by atoms with Gasteiger partial charge in [0.2, 0.25) is 0 Å². The summed E-state index contributed by atoms with van der Waals surface area (Å²) < 4.78 is 1.69. The molecule has 0 radical (unpaired) electrons. The first-order chi connectivity index (χ1) is 10.7. The van der Waals surface area contributed by atoms with Crippen molar-refractivity contribution < 1.29 is 9.90 Å². The molecule has 1 aliphatic carbocycles. The first-order valence-corrected chi connectivity index (χ1v) is 7.14. The van der Waals surface area contributed by atoms with Crippen molar-refractivity contribution in [2.24, 2.45) is 0 Å². The number of rotatable bonds is 3. The highest BCUT2D eigenvalue weighted by molar-refractivity contribution is 5.97. The van der Waals surface area contributed by atoms with Crippen LogP contribution in [0.4, 0.5) is 0 Å². The van der Waals surface area contributed by atoms with Crippen molar-refractivity contribution in [3.8, 4) is 0 Å². The molecule has 3 atom stereocenters. The van der Waals surface area contributed by atoms with Gasteiger partial charge in [0.25, 0.3) is 5.91 Å². The van der Waals surface area contributed by atoms with Gasteiger partial charge in [-0.2, -0.15) is 5.10 Å². The number of aliphatic hydroxyl groups excluding tert-OH is 1. The Balaban J connectivity index is 1.52. The molecular weight excluding hydrogens is 282 g/mol. The average Bonchev–Trinajstić information content (AvgIpc) is 3.15. The van der Waals surface area contributed by atoms with Gasteiger partial charge in [-0.3, -0.25) is 9.48 Å². The van der Waals surface area contributed by atoms with Gasteiger partial charge in [0.05, 0.1) is 18.2 Å². The second-order valence-corrected chi connectivity index (χ2v) is 5.48. The molecular formula is C15H15N5O2. The number of aliphatic hydroxyl groups is 1. The van der Waals surface area contributed by atoms with Gasteiger partial charge in [-0.25, -0.2) is 4.98 Å². The Morgan fingerprint density at radius 2 is 2.32 bits per heavy atom. The normalized spacial score (nSPS) is 24.1. The molecule has 3 aromatic heterocycles. The maximum absolute atomic E-state index is 12.4. The number of fused-ring (bicyclic) bond motifs is 1. The van der Waals surface area contributed by atoms with Crippen molar-refractivity contribution in [3.05, 3.63) is 48.5 Å². The lowest BCUT2D eigenvalue weighted by Gasteiger charge is -2.41. The number of nitrogens with one attached hydrogen (secondary N) is 2. The summed E-state index contributed by atoms with van der Waals surface area (Å²) in [5.41, 5.74) is 1.15. The van der Waals surface area contributed by atoms with E-state index < -0.39 is 6.10 Å². The molecule has 1 fully saturated rings. The summed E-state index contributed by atoms with van der Waals surface area (Å²) >= 11 is 0. The van der Waals surface area contributed by atoms with E-state index in [1.165, 1.54) is 0 Å². The fourth-order valence-corrected chi connectivity index (χ4v) is 2.90. The number of hydrogen-bond donors (Lipinski definition) is 3. The van der Waals surface area contributed by atoms with E-state index >= 15 is 0 Å². The van der Waals surface area contributed by atoms with Crippen LogP contribution in [0.1, 0.15) is 23.0 Å². The number of aromatic nitrogens is 4. The third-order valence-electron chi connectivity index (χ3n) is 4.09. The first-order valence-electron chi connectivity index (χ1n) is 7.14. The number of aromatic amines is 1. The molecule has 3 aromatic rings. The number of carbonyl (C=O) groups excluding carboxylic acids is 1. The van der Waals surface area contributed by atoms with Crippen LogP contribution in [0.5, 0.6) is 0 Å². The van der Waals surface area contributed by atoms with Crippen LogP contribution in [0.15, 0.2) is 42.9 Å². The Labute approximate surface area is 126 Å². The smallest absolute Gasteiger partial charge is 0.268 e. The maximum Gasteiger partial charge on any atom is 0.268 e. The highest BCUT2D eigenvalue weighted by Gasteiger charge is 2.42. The zero-order chi connectivity index (χ0) is 15.1. The molecule has 0 saturated heterocycles. The second-order valence-electron chi connectivity index (χ2n) is 5.48. The van der Waals surface area contributed by atoms with E-state index in [1.54, 1.807) is 35.4 Å². The van der Waals surface area contributed by atoms with E-state index in [2.05, 4.69) is 20.4 Å². The summed E-state index contributed by atoms with van der Waals surface area (Å²) in [6.07, 6.45) is 5.16. The molecule has 0 bridgehead atoms. The molecule has 22 heavy (non-hydrogen) atoms. The minimum atomic E-state index is -0.491. The van der Waals surface area contributed by atoms with Crippen LogP contribution in [0.2, 0.25) is 0 Å². The molecule has 1 saturated carbocycles. The van der Waals surface area contributed by atoms with E-state index in [1.807, 2.05) is 12.1 Å². The fourth-order valence-electron chi connectivity index (χ4n) is 2.90. The summed E-state index contributed by atoms with van der Waals surface area (Å²) in [5.74, 6) is -0.202. The highest BCUT2D eigenvalue weighted by Crippen LogP contribution is 2.32. The van der Waals surface area contributed by atoms with Crippen molar-refractivity contribution >= 4 is 16.9 Å². The topological polar surface area (TPSA) is 95.8 Å². The van der Waals surface area contributed by atoms with Gasteiger partial charge < -0.3 is 15.4 Å². The Bertz CT molecular complexity index is 777. The Kier molecular flexibility index (Phi) is 2.93. The molecule has 0 aromatic carbocycles. The third-order valence-corrected chi connectivity index (χ3v) is 4.09. The van der Waals surface area contributed by atoms with Crippen LogP contribution >= 0.6 is 0 Å². The van der Waals surface area contributed by atoms with Gasteiger partial charge in [-0.05, 0) is 30.7 Å². The van der Waals surface area contributed by atoms with E-state index in [0.717, 1.165) is 5.39 Å². The van der Waals surface area contributed by atoms with Crippen molar-refractivity contribution in [2.75, 3.05) is 0 Å². The molecule has 3 N–H and O–H groups in total. The van der Waals surface area contributed by atoms with E-state index in [-0.39, 0.29) is 18.0 Å². The van der Waals surface area contributed by atoms with Crippen LogP contribution in [0.3, 0.4) is 0 Å². The van der Waals surface area contributed by atoms with E-state index in [9.17, 15) is 9.90 Å². The lowest BCUT2D eigenvalue weighted by molar-refractivity contribution is -0.00594. The summed E-state index contributed by atoms with van der Waals surface area (Å²) in [6.45, 7) is 0. The molecule has 7 heteroatoms. The number of carbonyl (C=O) groups is 1. The van der Waals surface area contributed by atoms with Crippen LogP contribution in [0, 0.1) is 0 Å². The molecule has 1 aliphatic rings. The van der Waals surface area contributed by atoms with Crippen molar-refractivity contribution in [2.45, 2.75) is 24.6 Å². The predicted molar refractivity (Wildman–Crippen MR) is 79.2 cm³/mol. The summed E-state index contributed by atoms with van der Waals surface area (Å²) in [6, 6.07) is 6.94. The minimum Gasteiger partial charge on any atom is -0.391 e. The third kappa shape index (κ3) is 2.06. The molecule has 4 rings (SSSR count). The van der Waals surface area contributed by atoms with Gasteiger partial charge in [0.1, 0.15) is 11.3 Å². The zero-order valence-electron chi connectivity index (χ0n) is 11.7. The van der Waals surface area contributed by atoms with Crippen LogP contribution in [-0.4, -0.2) is 42.9 Å². The molecule has 3 heterocycles. The molecule has 0 unspecified atom stereocenters. The maximum atomic E-state index is 12.4. The summed E-state index contributed by atoms with van der Waals surface area (Å²) in [4.78, 5) is 19.5. The SMILES string of the molecule is O=C(N[C@H]1C[C@@H](O)[C@@H]1n1cccn1)c1cc2cccnc2[nH]1.